The van der Waals surface area contributed by atoms with Crippen molar-refractivity contribution in [3.05, 3.63) is 71.0 Å². The largest absolute Gasteiger partial charge is 0.481 e. The van der Waals surface area contributed by atoms with Crippen molar-refractivity contribution in [1.29, 1.82) is 0 Å². The van der Waals surface area contributed by atoms with Crippen molar-refractivity contribution in [3.63, 3.8) is 0 Å². The highest BCUT2D eigenvalue weighted by Gasteiger charge is 2.27. The Labute approximate surface area is 145 Å². The molecule has 4 rings (SSSR count). The van der Waals surface area contributed by atoms with E-state index in [1.165, 1.54) is 0 Å². The monoisotopic (exact) mass is 332 g/mol. The highest BCUT2D eigenvalue weighted by atomic mass is 16.4. The predicted octanol–water partition coefficient (Wildman–Crippen LogP) is 4.87. The number of fused-ring (bicyclic) bond motifs is 2. The van der Waals surface area contributed by atoms with Crippen molar-refractivity contribution in [2.75, 3.05) is 0 Å². The summed E-state index contributed by atoms with van der Waals surface area (Å²) in [7, 11) is 0. The molecule has 4 aromatic rings. The second-order valence-corrected chi connectivity index (χ2v) is 6.57. The SMILES string of the molecule is Cc1[nH]c2ccccc2c1C(CC(=O)O)c1c(C)[nH]c2ccccc12. The van der Waals surface area contributed by atoms with Crippen LogP contribution >= 0.6 is 0 Å². The van der Waals surface area contributed by atoms with Gasteiger partial charge in [0, 0.05) is 39.1 Å². The molecule has 2 aromatic carbocycles. The molecule has 4 heteroatoms. The molecule has 0 amide bonds. The molecule has 0 saturated heterocycles. The summed E-state index contributed by atoms with van der Waals surface area (Å²) in [5.41, 5.74) is 6.29. The zero-order chi connectivity index (χ0) is 17.6. The molecule has 0 aliphatic heterocycles. The summed E-state index contributed by atoms with van der Waals surface area (Å²) in [4.78, 5) is 18.5. The summed E-state index contributed by atoms with van der Waals surface area (Å²) >= 11 is 0. The van der Waals surface area contributed by atoms with E-state index < -0.39 is 5.97 Å². The van der Waals surface area contributed by atoms with Gasteiger partial charge in [-0.2, -0.15) is 0 Å². The van der Waals surface area contributed by atoms with E-state index in [2.05, 4.69) is 22.1 Å². The van der Waals surface area contributed by atoms with Gasteiger partial charge >= 0.3 is 5.97 Å². The molecule has 25 heavy (non-hydrogen) atoms. The number of hydrogen-bond donors (Lipinski definition) is 3. The summed E-state index contributed by atoms with van der Waals surface area (Å²) in [6, 6.07) is 16.2. The van der Waals surface area contributed by atoms with Crippen LogP contribution in [0.25, 0.3) is 21.8 Å². The lowest BCUT2D eigenvalue weighted by Gasteiger charge is -2.17. The number of aliphatic carboxylic acids is 1. The van der Waals surface area contributed by atoms with Crippen molar-refractivity contribution in [2.45, 2.75) is 26.2 Å². The maximum atomic E-state index is 11.7. The highest BCUT2D eigenvalue weighted by Crippen LogP contribution is 2.40. The molecule has 0 aliphatic rings. The molecule has 0 atom stereocenters. The Morgan fingerprint density at radius 1 is 0.880 bits per heavy atom. The molecule has 0 spiro atoms. The lowest BCUT2D eigenvalue weighted by molar-refractivity contribution is -0.137. The molecule has 126 valence electrons. The fourth-order valence-corrected chi connectivity index (χ4v) is 4.02. The normalized spacial score (nSPS) is 11.6. The molecule has 0 aliphatic carbocycles. The number of para-hydroxylation sites is 2. The van der Waals surface area contributed by atoms with Crippen molar-refractivity contribution in [3.8, 4) is 0 Å². The number of aryl methyl sites for hydroxylation is 2. The van der Waals surface area contributed by atoms with Gasteiger partial charge in [0.2, 0.25) is 0 Å². The number of carboxylic acids is 1. The van der Waals surface area contributed by atoms with E-state index in [1.807, 2.05) is 50.2 Å². The molecule has 2 aromatic heterocycles. The number of carboxylic acid groups (broad SMARTS) is 1. The average Bonchev–Trinajstić information content (AvgIpc) is 3.08. The van der Waals surface area contributed by atoms with Crippen LogP contribution in [0.5, 0.6) is 0 Å². The number of nitrogens with one attached hydrogen (secondary N) is 2. The third-order valence-electron chi connectivity index (χ3n) is 4.96. The molecule has 0 unspecified atom stereocenters. The van der Waals surface area contributed by atoms with Crippen molar-refractivity contribution in [1.82, 2.24) is 9.97 Å². The summed E-state index contributed by atoms with van der Waals surface area (Å²) in [6.45, 7) is 4.04. The Balaban J connectivity index is 2.02. The van der Waals surface area contributed by atoms with E-state index in [1.54, 1.807) is 0 Å². The minimum absolute atomic E-state index is 0.0609. The second-order valence-electron chi connectivity index (χ2n) is 6.57. The van der Waals surface area contributed by atoms with Crippen molar-refractivity contribution < 1.29 is 9.90 Å². The fraction of sp³-hybridized carbons (Fsp3) is 0.190. The maximum absolute atomic E-state index is 11.7. The van der Waals surface area contributed by atoms with Gasteiger partial charge in [-0.05, 0) is 37.1 Å². The van der Waals surface area contributed by atoms with Crippen LogP contribution in [0.4, 0.5) is 0 Å². The molecule has 3 N–H and O–H groups in total. The van der Waals surface area contributed by atoms with Gasteiger partial charge in [0.1, 0.15) is 0 Å². The van der Waals surface area contributed by atoms with Gasteiger partial charge < -0.3 is 15.1 Å². The van der Waals surface area contributed by atoms with Crippen molar-refractivity contribution in [2.24, 2.45) is 0 Å². The van der Waals surface area contributed by atoms with Crippen LogP contribution in [0, 0.1) is 13.8 Å². The first-order valence-corrected chi connectivity index (χ1v) is 8.42. The molecule has 0 fully saturated rings. The van der Waals surface area contributed by atoms with E-state index in [-0.39, 0.29) is 12.3 Å². The fourth-order valence-electron chi connectivity index (χ4n) is 4.02. The lowest BCUT2D eigenvalue weighted by atomic mass is 9.85. The zero-order valence-electron chi connectivity index (χ0n) is 14.3. The maximum Gasteiger partial charge on any atom is 0.304 e. The van der Waals surface area contributed by atoms with Gasteiger partial charge in [-0.25, -0.2) is 0 Å². The Kier molecular flexibility index (Phi) is 3.61. The van der Waals surface area contributed by atoms with Gasteiger partial charge in [0.25, 0.3) is 0 Å². The first kappa shape index (κ1) is 15.5. The van der Waals surface area contributed by atoms with E-state index in [4.69, 9.17) is 0 Å². The van der Waals surface area contributed by atoms with Crippen LogP contribution in [0.2, 0.25) is 0 Å². The van der Waals surface area contributed by atoms with Crippen LogP contribution < -0.4 is 0 Å². The van der Waals surface area contributed by atoms with Crippen LogP contribution in [0.3, 0.4) is 0 Å². The summed E-state index contributed by atoms with van der Waals surface area (Å²) < 4.78 is 0. The van der Waals surface area contributed by atoms with Gasteiger partial charge in [0.15, 0.2) is 0 Å². The summed E-state index contributed by atoms with van der Waals surface area (Å²) in [5, 5.41) is 11.8. The molecule has 2 heterocycles. The van der Waals surface area contributed by atoms with Gasteiger partial charge in [0.05, 0.1) is 6.42 Å². The minimum atomic E-state index is -0.792. The predicted molar refractivity (Wildman–Crippen MR) is 100 cm³/mol. The quantitative estimate of drug-likeness (QED) is 0.499. The first-order valence-electron chi connectivity index (χ1n) is 8.42. The molecule has 4 nitrogen and oxygen atoms in total. The number of benzene rings is 2. The van der Waals surface area contributed by atoms with Crippen molar-refractivity contribution >= 4 is 27.8 Å². The van der Waals surface area contributed by atoms with E-state index >= 15 is 0 Å². The molecule has 0 saturated carbocycles. The zero-order valence-corrected chi connectivity index (χ0v) is 14.3. The number of aromatic nitrogens is 2. The van der Waals surface area contributed by atoms with Crippen LogP contribution in [-0.2, 0) is 4.79 Å². The molecular formula is C21H20N2O2. The Bertz CT molecular complexity index is 1010. The van der Waals surface area contributed by atoms with Crippen LogP contribution in [-0.4, -0.2) is 21.0 Å². The molecule has 0 bridgehead atoms. The second kappa shape index (κ2) is 5.81. The van der Waals surface area contributed by atoms with Gasteiger partial charge in [-0.1, -0.05) is 36.4 Å². The third-order valence-corrected chi connectivity index (χ3v) is 4.96. The summed E-state index contributed by atoms with van der Waals surface area (Å²) in [5.74, 6) is -0.996. The summed E-state index contributed by atoms with van der Waals surface area (Å²) in [6.07, 6.45) is 0.0609. The topological polar surface area (TPSA) is 68.9 Å². The molecule has 0 radical (unpaired) electrons. The number of hydrogen-bond acceptors (Lipinski definition) is 1. The number of aromatic amines is 2. The van der Waals surface area contributed by atoms with Crippen LogP contribution in [0.1, 0.15) is 34.9 Å². The number of carbonyl (C=O) groups is 1. The van der Waals surface area contributed by atoms with E-state index in [9.17, 15) is 9.90 Å². The smallest absolute Gasteiger partial charge is 0.304 e. The Morgan fingerprint density at radius 3 is 1.76 bits per heavy atom. The van der Waals surface area contributed by atoms with Crippen LogP contribution in [0.15, 0.2) is 48.5 Å². The number of H-pyrrole nitrogens is 2. The standard InChI is InChI=1S/C21H20N2O2/c1-12-20(14-7-3-5-9-17(14)22-12)16(11-19(24)25)21-13(2)23-18-10-6-4-8-15(18)21/h3-10,16,22-23H,11H2,1-2H3,(H,24,25). The minimum Gasteiger partial charge on any atom is -0.481 e. The van der Waals surface area contributed by atoms with Gasteiger partial charge in [-0.3, -0.25) is 4.79 Å². The average molecular weight is 332 g/mol. The Morgan fingerprint density at radius 2 is 1.32 bits per heavy atom. The Hall–Kier alpha value is -3.01. The van der Waals surface area contributed by atoms with Gasteiger partial charge in [-0.15, -0.1) is 0 Å². The third kappa shape index (κ3) is 2.50. The first-order chi connectivity index (χ1) is 12.1. The van der Waals surface area contributed by atoms with E-state index in [0.717, 1.165) is 44.3 Å². The number of rotatable bonds is 4. The molecular weight excluding hydrogens is 312 g/mol. The highest BCUT2D eigenvalue weighted by molar-refractivity contribution is 5.90. The van der Waals surface area contributed by atoms with E-state index in [0.29, 0.717) is 0 Å². The lowest BCUT2D eigenvalue weighted by Crippen LogP contribution is -2.09.